The van der Waals surface area contributed by atoms with Crippen LogP contribution >= 0.6 is 0 Å². The van der Waals surface area contributed by atoms with Gasteiger partial charge in [-0.05, 0) is 25.2 Å². The molecule has 2 rings (SSSR count). The van der Waals surface area contributed by atoms with Crippen LogP contribution in [0.25, 0.3) is 0 Å². The Morgan fingerprint density at radius 1 is 1.20 bits per heavy atom. The molecule has 6 nitrogen and oxygen atoms in total. The molecule has 1 fully saturated rings. The SMILES string of the molecule is CCC(C)CN(C)c1nc(N)nc(N2CCCCC2)n1. The van der Waals surface area contributed by atoms with Crippen molar-refractivity contribution < 1.29 is 0 Å². The molecule has 0 bridgehead atoms. The van der Waals surface area contributed by atoms with Gasteiger partial charge in [-0.25, -0.2) is 0 Å². The summed E-state index contributed by atoms with van der Waals surface area (Å²) in [5.41, 5.74) is 5.85. The minimum Gasteiger partial charge on any atom is -0.368 e. The van der Waals surface area contributed by atoms with Gasteiger partial charge in [-0.1, -0.05) is 20.3 Å². The van der Waals surface area contributed by atoms with Crippen molar-refractivity contribution in [2.45, 2.75) is 39.5 Å². The standard InChI is InChI=1S/C14H26N6/c1-4-11(2)10-19(3)13-16-12(15)17-14(18-13)20-8-6-5-7-9-20/h11H,4-10H2,1-3H3,(H2,15,16,17,18). The molecule has 112 valence electrons. The fourth-order valence-electron chi connectivity index (χ4n) is 2.45. The Bertz CT molecular complexity index is 430. The van der Waals surface area contributed by atoms with Crippen molar-refractivity contribution in [3.05, 3.63) is 0 Å². The lowest BCUT2D eigenvalue weighted by molar-refractivity contribution is 0.551. The molecule has 6 heteroatoms. The van der Waals surface area contributed by atoms with E-state index in [1.165, 1.54) is 19.3 Å². The third-order valence-corrected chi connectivity index (χ3v) is 3.89. The van der Waals surface area contributed by atoms with Crippen molar-refractivity contribution in [3.8, 4) is 0 Å². The number of hydrogen-bond donors (Lipinski definition) is 1. The van der Waals surface area contributed by atoms with Crippen LogP contribution in [-0.2, 0) is 0 Å². The number of nitrogens with zero attached hydrogens (tertiary/aromatic N) is 5. The maximum Gasteiger partial charge on any atom is 0.231 e. The fraction of sp³-hybridized carbons (Fsp3) is 0.786. The van der Waals surface area contributed by atoms with E-state index in [0.717, 1.165) is 32.0 Å². The smallest absolute Gasteiger partial charge is 0.231 e. The van der Waals surface area contributed by atoms with Gasteiger partial charge in [0.15, 0.2) is 0 Å². The molecular formula is C14H26N6. The second-order valence-electron chi connectivity index (χ2n) is 5.74. The lowest BCUT2D eigenvalue weighted by atomic mass is 10.1. The quantitative estimate of drug-likeness (QED) is 0.887. The minimum atomic E-state index is 0.312. The van der Waals surface area contributed by atoms with Gasteiger partial charge in [0.1, 0.15) is 0 Å². The first kappa shape index (κ1) is 14.8. The number of aromatic nitrogens is 3. The molecule has 2 N–H and O–H groups in total. The Hall–Kier alpha value is -1.59. The van der Waals surface area contributed by atoms with E-state index >= 15 is 0 Å². The molecule has 1 atom stereocenters. The van der Waals surface area contributed by atoms with E-state index in [9.17, 15) is 0 Å². The van der Waals surface area contributed by atoms with Crippen LogP contribution in [0.4, 0.5) is 17.8 Å². The zero-order valence-corrected chi connectivity index (χ0v) is 12.8. The fourth-order valence-corrected chi connectivity index (χ4v) is 2.45. The highest BCUT2D eigenvalue weighted by Gasteiger charge is 2.17. The van der Waals surface area contributed by atoms with Crippen LogP contribution in [0.3, 0.4) is 0 Å². The summed E-state index contributed by atoms with van der Waals surface area (Å²) in [4.78, 5) is 17.4. The predicted molar refractivity (Wildman–Crippen MR) is 83.0 cm³/mol. The first-order valence-corrected chi connectivity index (χ1v) is 7.57. The Morgan fingerprint density at radius 2 is 1.90 bits per heavy atom. The van der Waals surface area contributed by atoms with Crippen LogP contribution < -0.4 is 15.5 Å². The minimum absolute atomic E-state index is 0.312. The van der Waals surface area contributed by atoms with Crippen LogP contribution in [0, 0.1) is 5.92 Å². The highest BCUT2D eigenvalue weighted by molar-refractivity contribution is 5.43. The van der Waals surface area contributed by atoms with Gasteiger partial charge in [-0.2, -0.15) is 15.0 Å². The van der Waals surface area contributed by atoms with Gasteiger partial charge in [-0.3, -0.25) is 0 Å². The summed E-state index contributed by atoms with van der Waals surface area (Å²) in [5, 5.41) is 0. The maximum absolute atomic E-state index is 5.85. The number of rotatable bonds is 5. The average Bonchev–Trinajstić information content (AvgIpc) is 2.47. The molecule has 0 radical (unpaired) electrons. The van der Waals surface area contributed by atoms with Gasteiger partial charge < -0.3 is 15.5 Å². The second-order valence-corrected chi connectivity index (χ2v) is 5.74. The summed E-state index contributed by atoms with van der Waals surface area (Å²) in [7, 11) is 2.01. The first-order valence-electron chi connectivity index (χ1n) is 7.57. The van der Waals surface area contributed by atoms with E-state index in [0.29, 0.717) is 17.8 Å². The van der Waals surface area contributed by atoms with E-state index in [2.05, 4.69) is 38.6 Å². The van der Waals surface area contributed by atoms with Crippen molar-refractivity contribution in [2.75, 3.05) is 42.2 Å². The summed E-state index contributed by atoms with van der Waals surface area (Å²) in [6, 6.07) is 0. The second kappa shape index (κ2) is 6.72. The Kier molecular flexibility index (Phi) is 4.98. The molecule has 0 aromatic carbocycles. The van der Waals surface area contributed by atoms with Crippen molar-refractivity contribution in [2.24, 2.45) is 5.92 Å². The van der Waals surface area contributed by atoms with Crippen molar-refractivity contribution >= 4 is 17.8 Å². The Labute approximate surface area is 121 Å². The van der Waals surface area contributed by atoms with Crippen molar-refractivity contribution in [3.63, 3.8) is 0 Å². The molecule has 0 saturated carbocycles. The van der Waals surface area contributed by atoms with E-state index < -0.39 is 0 Å². The first-order chi connectivity index (χ1) is 9.60. The van der Waals surface area contributed by atoms with Gasteiger partial charge in [0, 0.05) is 26.7 Å². The molecule has 0 amide bonds. The number of anilines is 3. The summed E-state index contributed by atoms with van der Waals surface area (Å²) >= 11 is 0. The summed E-state index contributed by atoms with van der Waals surface area (Å²) in [6.45, 7) is 7.38. The normalized spacial score (nSPS) is 17.1. The third kappa shape index (κ3) is 3.71. The van der Waals surface area contributed by atoms with E-state index in [-0.39, 0.29) is 0 Å². The van der Waals surface area contributed by atoms with Crippen molar-refractivity contribution in [1.29, 1.82) is 0 Å². The number of nitrogen functional groups attached to an aromatic ring is 1. The molecule has 20 heavy (non-hydrogen) atoms. The van der Waals surface area contributed by atoms with Crippen LogP contribution in [0.5, 0.6) is 0 Å². The molecule has 0 aliphatic carbocycles. The highest BCUT2D eigenvalue weighted by Crippen LogP contribution is 2.19. The molecule has 1 aromatic rings. The third-order valence-electron chi connectivity index (χ3n) is 3.89. The van der Waals surface area contributed by atoms with Crippen LogP contribution in [0.15, 0.2) is 0 Å². The van der Waals surface area contributed by atoms with Gasteiger partial charge in [0.2, 0.25) is 17.8 Å². The van der Waals surface area contributed by atoms with Crippen LogP contribution in [0.1, 0.15) is 39.5 Å². The van der Waals surface area contributed by atoms with Gasteiger partial charge in [0.05, 0.1) is 0 Å². The average molecular weight is 278 g/mol. The molecule has 0 spiro atoms. The highest BCUT2D eigenvalue weighted by atomic mass is 15.3. The number of hydrogen-bond acceptors (Lipinski definition) is 6. The zero-order valence-electron chi connectivity index (χ0n) is 12.8. The molecule has 1 aliphatic heterocycles. The van der Waals surface area contributed by atoms with E-state index in [4.69, 9.17) is 5.73 Å². The molecular weight excluding hydrogens is 252 g/mol. The molecule has 2 heterocycles. The lowest BCUT2D eigenvalue weighted by Gasteiger charge is -2.28. The summed E-state index contributed by atoms with van der Waals surface area (Å²) in [5.74, 6) is 2.32. The predicted octanol–water partition coefficient (Wildman–Crippen LogP) is 1.93. The number of piperidine rings is 1. The van der Waals surface area contributed by atoms with Crippen molar-refractivity contribution in [1.82, 2.24) is 15.0 Å². The zero-order chi connectivity index (χ0) is 14.5. The summed E-state index contributed by atoms with van der Waals surface area (Å²) in [6.07, 6.45) is 4.83. The molecule has 1 aliphatic rings. The number of nitrogens with two attached hydrogens (primary N) is 1. The molecule has 1 aromatic heterocycles. The monoisotopic (exact) mass is 278 g/mol. The van der Waals surface area contributed by atoms with Gasteiger partial charge >= 0.3 is 0 Å². The van der Waals surface area contributed by atoms with Gasteiger partial charge in [-0.15, -0.1) is 0 Å². The lowest BCUT2D eigenvalue weighted by Crippen LogP contribution is -2.33. The Morgan fingerprint density at radius 3 is 2.55 bits per heavy atom. The summed E-state index contributed by atoms with van der Waals surface area (Å²) < 4.78 is 0. The van der Waals surface area contributed by atoms with Gasteiger partial charge in [0.25, 0.3) is 0 Å². The topological polar surface area (TPSA) is 71.2 Å². The van der Waals surface area contributed by atoms with Crippen LogP contribution in [-0.4, -0.2) is 41.6 Å². The van der Waals surface area contributed by atoms with E-state index in [1.54, 1.807) is 0 Å². The molecule has 1 saturated heterocycles. The molecule has 1 unspecified atom stereocenters. The van der Waals surface area contributed by atoms with E-state index in [1.807, 2.05) is 7.05 Å². The largest absolute Gasteiger partial charge is 0.368 e. The maximum atomic E-state index is 5.85. The Balaban J connectivity index is 2.15. The van der Waals surface area contributed by atoms with Crippen LogP contribution in [0.2, 0.25) is 0 Å².